The van der Waals surface area contributed by atoms with Gasteiger partial charge in [-0.15, -0.1) is 0 Å². The van der Waals surface area contributed by atoms with Gasteiger partial charge in [-0.1, -0.05) is 0 Å². The molecule has 12 heteroatoms. The van der Waals surface area contributed by atoms with Crippen molar-refractivity contribution < 1.29 is 36.1 Å². The van der Waals surface area contributed by atoms with E-state index in [0.29, 0.717) is 0 Å². The average Bonchev–Trinajstić information content (AvgIpc) is 2.63. The lowest BCUT2D eigenvalue weighted by molar-refractivity contribution is -0.384. The van der Waals surface area contributed by atoms with Crippen LogP contribution in [0.2, 0.25) is 0 Å². The first-order valence-electron chi connectivity index (χ1n) is 5.94. The van der Waals surface area contributed by atoms with Crippen LogP contribution in [0.5, 0.6) is 0 Å². The molecule has 1 N–H and O–H groups in total. The molecular formula is C12H5F6N3O3. The van der Waals surface area contributed by atoms with Crippen molar-refractivity contribution in [3.8, 4) is 0 Å². The maximum Gasteiger partial charge on any atom is 0.455 e. The van der Waals surface area contributed by atoms with Crippen molar-refractivity contribution in [2.24, 2.45) is 4.99 Å². The summed E-state index contributed by atoms with van der Waals surface area (Å²) < 4.78 is 76.5. The number of alkyl halides is 6. The van der Waals surface area contributed by atoms with Gasteiger partial charge in [-0.25, -0.2) is 0 Å². The number of hydrogen-bond donors (Lipinski definition) is 1. The number of nitro groups is 1. The van der Waals surface area contributed by atoms with Crippen LogP contribution < -0.4 is 5.32 Å². The van der Waals surface area contributed by atoms with Gasteiger partial charge < -0.3 is 5.32 Å². The number of Topliss-reactive ketones (excluding diaryl/α,β-unsaturated/α-hetero) is 1. The highest BCUT2D eigenvalue weighted by molar-refractivity contribution is 6.18. The Balaban J connectivity index is 2.62. The lowest BCUT2D eigenvalue weighted by Gasteiger charge is -2.16. The molecule has 0 saturated heterocycles. The predicted octanol–water partition coefficient (Wildman–Crippen LogP) is 3.67. The zero-order valence-electron chi connectivity index (χ0n) is 11.2. The van der Waals surface area contributed by atoms with Gasteiger partial charge in [0.05, 0.1) is 21.9 Å². The minimum absolute atomic E-state index is 0.0845. The summed E-state index contributed by atoms with van der Waals surface area (Å²) in [5, 5.41) is 12.3. The second kappa shape index (κ2) is 5.62. The molecule has 0 aliphatic carbocycles. The Morgan fingerprint density at radius 2 is 1.79 bits per heavy atom. The van der Waals surface area contributed by atoms with Crippen molar-refractivity contribution in [2.45, 2.75) is 12.4 Å². The van der Waals surface area contributed by atoms with Crippen molar-refractivity contribution in [3.05, 3.63) is 39.6 Å². The van der Waals surface area contributed by atoms with E-state index >= 15 is 0 Å². The highest BCUT2D eigenvalue weighted by Crippen LogP contribution is 2.38. The lowest BCUT2D eigenvalue weighted by Crippen LogP contribution is -2.31. The van der Waals surface area contributed by atoms with Gasteiger partial charge in [-0.2, -0.15) is 26.3 Å². The molecule has 0 bridgehead atoms. The summed E-state index contributed by atoms with van der Waals surface area (Å²) in [5.41, 5.74) is -5.09. The molecule has 0 fully saturated rings. The summed E-state index contributed by atoms with van der Waals surface area (Å²) >= 11 is 0. The number of nitrogens with zero attached hydrogens (tertiary/aromatic N) is 2. The normalized spacial score (nSPS) is 14.8. The SMILES string of the molecule is O=C(C1=C(C(F)(F)F)Nc2ccc([N+](=O)[O-])cc2N=C1)C(F)(F)F. The number of benzene rings is 1. The Labute approximate surface area is 128 Å². The standard InChI is InChI=1S/C12H5F6N3O3/c13-11(14,15)9-6(10(22)12(16,17)18)4-19-8-3-5(21(23)24)1-2-7(8)20-9/h1-4,20H. The van der Waals surface area contributed by atoms with Gasteiger partial charge in [-0.05, 0) is 6.07 Å². The Bertz CT molecular complexity index is 779. The molecule has 1 heterocycles. The number of fused-ring (bicyclic) bond motifs is 1. The Hall–Kier alpha value is -2.92. The van der Waals surface area contributed by atoms with Gasteiger partial charge in [0.2, 0.25) is 0 Å². The van der Waals surface area contributed by atoms with Crippen LogP contribution in [0.25, 0.3) is 0 Å². The molecule has 1 aliphatic rings. The van der Waals surface area contributed by atoms with Crippen molar-refractivity contribution in [1.29, 1.82) is 0 Å². The number of carbonyl (C=O) groups excluding carboxylic acids is 1. The highest BCUT2D eigenvalue weighted by Gasteiger charge is 2.47. The number of nitrogens with one attached hydrogen (secondary N) is 1. The number of non-ortho nitro benzene ring substituents is 1. The number of halogens is 6. The fraction of sp³-hybridized carbons (Fsp3) is 0.167. The number of rotatable bonds is 2. The average molecular weight is 353 g/mol. The summed E-state index contributed by atoms with van der Waals surface area (Å²) in [5.74, 6) is -2.74. The maximum absolute atomic E-state index is 13.0. The Morgan fingerprint density at radius 3 is 2.29 bits per heavy atom. The first kappa shape index (κ1) is 17.4. The van der Waals surface area contributed by atoms with E-state index in [-0.39, 0.29) is 6.21 Å². The van der Waals surface area contributed by atoms with E-state index < -0.39 is 51.4 Å². The van der Waals surface area contributed by atoms with E-state index in [0.717, 1.165) is 18.2 Å². The largest absolute Gasteiger partial charge is 0.455 e. The number of hydrogen-bond acceptors (Lipinski definition) is 5. The molecule has 0 aromatic heterocycles. The molecule has 2 rings (SSSR count). The molecule has 0 spiro atoms. The van der Waals surface area contributed by atoms with Crippen molar-refractivity contribution >= 4 is 29.1 Å². The zero-order valence-corrected chi connectivity index (χ0v) is 11.2. The van der Waals surface area contributed by atoms with Gasteiger partial charge in [0.15, 0.2) is 0 Å². The molecule has 1 aromatic rings. The fourth-order valence-electron chi connectivity index (χ4n) is 1.80. The topological polar surface area (TPSA) is 84.6 Å². The number of ketones is 1. The molecule has 128 valence electrons. The van der Waals surface area contributed by atoms with E-state index in [1.807, 2.05) is 0 Å². The molecular weight excluding hydrogens is 348 g/mol. The second-order valence-electron chi connectivity index (χ2n) is 4.46. The smallest absolute Gasteiger partial charge is 0.349 e. The fourth-order valence-corrected chi connectivity index (χ4v) is 1.80. The zero-order chi connectivity index (χ0) is 18.3. The minimum Gasteiger partial charge on any atom is -0.349 e. The highest BCUT2D eigenvalue weighted by atomic mass is 19.4. The lowest BCUT2D eigenvalue weighted by atomic mass is 10.1. The van der Waals surface area contributed by atoms with E-state index in [1.54, 1.807) is 5.32 Å². The first-order valence-corrected chi connectivity index (χ1v) is 5.94. The summed E-state index contributed by atoms with van der Waals surface area (Å²) in [6.07, 6.45) is -10.8. The molecule has 0 radical (unpaired) electrons. The molecule has 1 aliphatic heterocycles. The second-order valence-corrected chi connectivity index (χ2v) is 4.46. The van der Waals surface area contributed by atoms with Gasteiger partial charge in [0, 0.05) is 18.3 Å². The summed E-state index contributed by atoms with van der Waals surface area (Å²) in [7, 11) is 0. The van der Waals surface area contributed by atoms with E-state index in [4.69, 9.17) is 0 Å². The molecule has 1 aromatic carbocycles. The molecule has 6 nitrogen and oxygen atoms in total. The third-order valence-electron chi connectivity index (χ3n) is 2.84. The number of aliphatic imine (C=N–C) groups is 1. The summed E-state index contributed by atoms with van der Waals surface area (Å²) in [4.78, 5) is 24.4. The summed E-state index contributed by atoms with van der Waals surface area (Å²) in [6, 6.07) is 2.44. The van der Waals surface area contributed by atoms with Crippen LogP contribution in [0.3, 0.4) is 0 Å². The predicted molar refractivity (Wildman–Crippen MR) is 69.0 cm³/mol. The van der Waals surface area contributed by atoms with E-state index in [2.05, 4.69) is 4.99 Å². The molecule has 0 amide bonds. The van der Waals surface area contributed by atoms with Crippen molar-refractivity contribution in [3.63, 3.8) is 0 Å². The monoisotopic (exact) mass is 353 g/mol. The first-order chi connectivity index (χ1) is 10.9. The number of allylic oxidation sites excluding steroid dienone is 2. The third kappa shape index (κ3) is 3.36. The van der Waals surface area contributed by atoms with Crippen LogP contribution in [-0.2, 0) is 4.79 Å². The van der Waals surface area contributed by atoms with Crippen LogP contribution in [-0.4, -0.2) is 29.3 Å². The van der Waals surface area contributed by atoms with E-state index in [1.165, 1.54) is 0 Å². The number of anilines is 1. The van der Waals surface area contributed by atoms with Crippen LogP contribution in [0.15, 0.2) is 34.5 Å². The molecule has 0 saturated carbocycles. The van der Waals surface area contributed by atoms with Crippen LogP contribution in [0.4, 0.5) is 43.4 Å². The van der Waals surface area contributed by atoms with Gasteiger partial charge in [0.25, 0.3) is 11.5 Å². The van der Waals surface area contributed by atoms with Crippen LogP contribution >= 0.6 is 0 Å². The van der Waals surface area contributed by atoms with Crippen molar-refractivity contribution in [1.82, 2.24) is 0 Å². The molecule has 0 atom stereocenters. The number of nitro benzene ring substituents is 1. The minimum atomic E-state index is -5.55. The molecule has 24 heavy (non-hydrogen) atoms. The van der Waals surface area contributed by atoms with Gasteiger partial charge in [-0.3, -0.25) is 19.9 Å². The molecule has 0 unspecified atom stereocenters. The van der Waals surface area contributed by atoms with Gasteiger partial charge >= 0.3 is 12.4 Å². The van der Waals surface area contributed by atoms with Gasteiger partial charge in [0.1, 0.15) is 5.70 Å². The van der Waals surface area contributed by atoms with Crippen LogP contribution in [0.1, 0.15) is 0 Å². The van der Waals surface area contributed by atoms with E-state index in [9.17, 15) is 41.3 Å². The van der Waals surface area contributed by atoms with Crippen molar-refractivity contribution in [2.75, 3.05) is 5.32 Å². The third-order valence-corrected chi connectivity index (χ3v) is 2.84. The quantitative estimate of drug-likeness (QED) is 0.499. The van der Waals surface area contributed by atoms with Crippen LogP contribution in [0, 0.1) is 10.1 Å². The maximum atomic E-state index is 13.0. The Morgan fingerprint density at radius 1 is 1.17 bits per heavy atom. The summed E-state index contributed by atoms with van der Waals surface area (Å²) in [6.45, 7) is 0. The Kier molecular flexibility index (Phi) is 4.08. The number of carbonyl (C=O) groups is 1.